The highest BCUT2D eigenvalue weighted by Gasteiger charge is 2.43. The second-order valence-corrected chi connectivity index (χ2v) is 10.6. The van der Waals surface area contributed by atoms with E-state index in [0.29, 0.717) is 23.0 Å². The predicted octanol–water partition coefficient (Wildman–Crippen LogP) is 2.42. The van der Waals surface area contributed by atoms with E-state index in [1.54, 1.807) is 44.4 Å². The summed E-state index contributed by atoms with van der Waals surface area (Å²) in [4.78, 5) is 40.6. The van der Waals surface area contributed by atoms with Crippen molar-refractivity contribution >= 4 is 27.7 Å². The van der Waals surface area contributed by atoms with Crippen LogP contribution in [0.5, 0.6) is 5.75 Å². The van der Waals surface area contributed by atoms with E-state index >= 15 is 0 Å². The monoisotopic (exact) mass is 501 g/mol. The number of amides is 3. The number of hydrogen-bond acceptors (Lipinski definition) is 6. The quantitative estimate of drug-likeness (QED) is 0.535. The largest absolute Gasteiger partial charge is 0.497 e. The average Bonchev–Trinajstić information content (AvgIpc) is 3.03. The minimum Gasteiger partial charge on any atom is -0.497 e. The molecule has 1 aliphatic rings. The van der Waals surface area contributed by atoms with Crippen LogP contribution >= 0.6 is 0 Å². The van der Waals surface area contributed by atoms with Gasteiger partial charge in [0.2, 0.25) is 11.8 Å². The topological polar surface area (TPSA) is 113 Å². The molecule has 0 radical (unpaired) electrons. The molecule has 35 heavy (non-hydrogen) atoms. The summed E-state index contributed by atoms with van der Waals surface area (Å²) < 4.78 is 31.7. The van der Waals surface area contributed by atoms with E-state index in [4.69, 9.17) is 4.74 Å². The van der Waals surface area contributed by atoms with Gasteiger partial charge in [-0.25, -0.2) is 12.7 Å². The SMILES string of the molecule is CCC(C(=O)NCC(C)C)N(Cc1ccc(OC)cc1)C(=O)CN1C(=O)c2ccccc2S1(=O)=O. The zero-order valence-electron chi connectivity index (χ0n) is 20.4. The van der Waals surface area contributed by atoms with E-state index in [1.807, 2.05) is 13.8 Å². The lowest BCUT2D eigenvalue weighted by molar-refractivity contribution is -0.141. The second kappa shape index (κ2) is 10.9. The maximum absolute atomic E-state index is 13.5. The Hall–Kier alpha value is -3.40. The summed E-state index contributed by atoms with van der Waals surface area (Å²) in [5.74, 6) is -0.873. The lowest BCUT2D eigenvalue weighted by Gasteiger charge is -2.32. The zero-order valence-corrected chi connectivity index (χ0v) is 21.2. The van der Waals surface area contributed by atoms with Crippen LogP contribution in [0.15, 0.2) is 53.4 Å². The summed E-state index contributed by atoms with van der Waals surface area (Å²) in [6.45, 7) is 5.51. The van der Waals surface area contributed by atoms with Gasteiger partial charge >= 0.3 is 0 Å². The number of hydrogen-bond donors (Lipinski definition) is 1. The van der Waals surface area contributed by atoms with Crippen molar-refractivity contribution in [1.29, 1.82) is 0 Å². The van der Waals surface area contributed by atoms with Gasteiger partial charge in [-0.1, -0.05) is 45.0 Å². The van der Waals surface area contributed by atoms with Crippen LogP contribution in [0.4, 0.5) is 0 Å². The number of carbonyl (C=O) groups is 3. The van der Waals surface area contributed by atoms with E-state index < -0.39 is 34.4 Å². The van der Waals surface area contributed by atoms with Gasteiger partial charge in [0.1, 0.15) is 23.2 Å². The van der Waals surface area contributed by atoms with Crippen LogP contribution in [0.25, 0.3) is 0 Å². The third-order valence-corrected chi connectivity index (χ3v) is 7.56. The lowest BCUT2D eigenvalue weighted by Crippen LogP contribution is -2.52. The van der Waals surface area contributed by atoms with Crippen molar-refractivity contribution in [3.05, 3.63) is 59.7 Å². The van der Waals surface area contributed by atoms with Gasteiger partial charge in [-0.3, -0.25) is 14.4 Å². The maximum Gasteiger partial charge on any atom is 0.269 e. The Kier molecular flexibility index (Phi) is 8.16. The standard InChI is InChI=1S/C25H31N3O6S/c1-5-21(24(30)26-14-17(2)3)27(15-18-10-12-19(34-4)13-11-18)23(29)16-28-25(31)20-8-6-7-9-22(20)35(28,32)33/h6-13,17,21H,5,14-16H2,1-4H3,(H,26,30). The molecule has 1 N–H and O–H groups in total. The summed E-state index contributed by atoms with van der Waals surface area (Å²) in [6, 6.07) is 12.0. The second-order valence-electron chi connectivity index (χ2n) is 8.75. The van der Waals surface area contributed by atoms with Crippen LogP contribution in [-0.2, 0) is 26.2 Å². The first kappa shape index (κ1) is 26.2. The Bertz CT molecular complexity index is 1190. The van der Waals surface area contributed by atoms with Crippen molar-refractivity contribution in [1.82, 2.24) is 14.5 Å². The van der Waals surface area contributed by atoms with Crippen molar-refractivity contribution in [2.45, 2.75) is 44.7 Å². The highest BCUT2D eigenvalue weighted by atomic mass is 32.2. The van der Waals surface area contributed by atoms with E-state index in [0.717, 1.165) is 5.56 Å². The number of fused-ring (bicyclic) bond motifs is 1. The molecular weight excluding hydrogens is 470 g/mol. The molecule has 0 fully saturated rings. The van der Waals surface area contributed by atoms with E-state index in [-0.39, 0.29) is 28.8 Å². The van der Waals surface area contributed by atoms with Gasteiger partial charge in [0.05, 0.1) is 12.7 Å². The fourth-order valence-electron chi connectivity index (χ4n) is 3.87. The number of ether oxygens (including phenoxy) is 1. The molecular formula is C25H31N3O6S. The highest BCUT2D eigenvalue weighted by Crippen LogP contribution is 2.30. The Labute approximate surface area is 206 Å². The van der Waals surface area contributed by atoms with Gasteiger partial charge in [-0.15, -0.1) is 0 Å². The lowest BCUT2D eigenvalue weighted by atomic mass is 10.1. The first-order valence-corrected chi connectivity index (χ1v) is 12.9. The molecule has 3 amide bonds. The Balaban J connectivity index is 1.90. The molecule has 9 nitrogen and oxygen atoms in total. The van der Waals surface area contributed by atoms with Crippen molar-refractivity contribution in [3.8, 4) is 5.75 Å². The molecule has 0 aromatic heterocycles. The van der Waals surface area contributed by atoms with Gasteiger partial charge in [0.15, 0.2) is 0 Å². The fourth-order valence-corrected chi connectivity index (χ4v) is 5.39. The number of benzene rings is 2. The van der Waals surface area contributed by atoms with Gasteiger partial charge in [0.25, 0.3) is 15.9 Å². The molecule has 0 saturated heterocycles. The van der Waals surface area contributed by atoms with Crippen molar-refractivity contribution in [3.63, 3.8) is 0 Å². The minimum absolute atomic E-state index is 0.0312. The summed E-state index contributed by atoms with van der Waals surface area (Å²) in [7, 11) is -2.62. The normalized spacial score (nSPS) is 15.0. The number of sulfonamides is 1. The number of rotatable bonds is 10. The Morgan fingerprint density at radius 2 is 1.74 bits per heavy atom. The van der Waals surface area contributed by atoms with Gasteiger partial charge in [-0.2, -0.15) is 0 Å². The molecule has 0 saturated carbocycles. The summed E-state index contributed by atoms with van der Waals surface area (Å²) >= 11 is 0. The molecule has 0 aliphatic carbocycles. The third-order valence-electron chi connectivity index (χ3n) is 5.77. The van der Waals surface area contributed by atoms with E-state index in [9.17, 15) is 22.8 Å². The van der Waals surface area contributed by atoms with Crippen molar-refractivity contribution in [2.75, 3.05) is 20.2 Å². The van der Waals surface area contributed by atoms with Crippen LogP contribution < -0.4 is 10.1 Å². The third kappa shape index (κ3) is 5.64. The van der Waals surface area contributed by atoms with Gasteiger partial charge in [0, 0.05) is 13.1 Å². The average molecular weight is 502 g/mol. The first-order valence-electron chi connectivity index (χ1n) is 11.5. The zero-order chi connectivity index (χ0) is 25.8. The molecule has 0 spiro atoms. The van der Waals surface area contributed by atoms with Crippen LogP contribution in [0.3, 0.4) is 0 Å². The van der Waals surface area contributed by atoms with E-state index in [1.165, 1.54) is 23.1 Å². The molecule has 10 heteroatoms. The molecule has 1 atom stereocenters. The molecule has 2 aromatic rings. The van der Waals surface area contributed by atoms with Crippen LogP contribution in [0.1, 0.15) is 43.1 Å². The molecule has 0 bridgehead atoms. The minimum atomic E-state index is -4.16. The van der Waals surface area contributed by atoms with E-state index in [2.05, 4.69) is 5.32 Å². The molecule has 188 valence electrons. The van der Waals surface area contributed by atoms with Crippen molar-refractivity contribution < 1.29 is 27.5 Å². The molecule has 1 aliphatic heterocycles. The van der Waals surface area contributed by atoms with Crippen LogP contribution in [-0.4, -0.2) is 61.6 Å². The number of nitrogens with one attached hydrogen (secondary N) is 1. The number of nitrogens with zero attached hydrogens (tertiary/aromatic N) is 2. The van der Waals surface area contributed by atoms with Crippen molar-refractivity contribution in [2.24, 2.45) is 5.92 Å². The van der Waals surface area contributed by atoms with Gasteiger partial charge < -0.3 is 15.0 Å². The van der Waals surface area contributed by atoms with Crippen LogP contribution in [0, 0.1) is 5.92 Å². The smallest absolute Gasteiger partial charge is 0.269 e. The molecule has 1 unspecified atom stereocenters. The predicted molar refractivity (Wildman–Crippen MR) is 130 cm³/mol. The summed E-state index contributed by atoms with van der Waals surface area (Å²) in [6.07, 6.45) is 0.312. The summed E-state index contributed by atoms with van der Waals surface area (Å²) in [5.41, 5.74) is 0.761. The molecule has 2 aromatic carbocycles. The Morgan fingerprint density at radius 1 is 1.09 bits per heavy atom. The fraction of sp³-hybridized carbons (Fsp3) is 0.400. The summed E-state index contributed by atoms with van der Waals surface area (Å²) in [5, 5.41) is 2.85. The Morgan fingerprint density at radius 3 is 2.31 bits per heavy atom. The maximum atomic E-state index is 13.5. The van der Waals surface area contributed by atoms with Crippen LogP contribution in [0.2, 0.25) is 0 Å². The first-order chi connectivity index (χ1) is 16.6. The molecule has 3 rings (SSSR count). The number of carbonyl (C=O) groups excluding carboxylic acids is 3. The number of methoxy groups -OCH3 is 1. The van der Waals surface area contributed by atoms with Gasteiger partial charge in [-0.05, 0) is 42.2 Å². The highest BCUT2D eigenvalue weighted by molar-refractivity contribution is 7.90. The molecule has 1 heterocycles.